The van der Waals surface area contributed by atoms with Crippen LogP contribution in [0.1, 0.15) is 12.5 Å². The van der Waals surface area contributed by atoms with Gasteiger partial charge in [0.05, 0.1) is 12.7 Å². The Morgan fingerprint density at radius 1 is 1.47 bits per heavy atom. The molecule has 3 N–H and O–H groups in total. The van der Waals surface area contributed by atoms with Crippen molar-refractivity contribution in [3.63, 3.8) is 0 Å². The predicted octanol–water partition coefficient (Wildman–Crippen LogP) is 1.38. The van der Waals surface area contributed by atoms with Crippen molar-refractivity contribution < 1.29 is 14.6 Å². The Hall–Kier alpha value is -0.620. The lowest BCUT2D eigenvalue weighted by Gasteiger charge is -2.08. The van der Waals surface area contributed by atoms with Crippen LogP contribution in [0.15, 0.2) is 23.1 Å². The number of hydrogen-bond donors (Lipinski definition) is 3. The predicted molar refractivity (Wildman–Crippen MR) is 67.6 cm³/mol. The maximum absolute atomic E-state index is 13.6. The molecule has 1 rings (SSSR count). The standard InChI is InChI=1S/C12H18FNO2S/c1-2-14-6-9-3-4-12(11(13)5-9)17-8-10(16)7-15/h3-5,10,14-16H,2,6-8H2,1H3. The summed E-state index contributed by atoms with van der Waals surface area (Å²) in [6.45, 7) is 3.20. The summed E-state index contributed by atoms with van der Waals surface area (Å²) < 4.78 is 13.6. The summed E-state index contributed by atoms with van der Waals surface area (Å²) in [4.78, 5) is 0.498. The lowest BCUT2D eigenvalue weighted by Crippen LogP contribution is -2.14. The lowest BCUT2D eigenvalue weighted by atomic mass is 10.2. The number of aliphatic hydroxyl groups is 2. The van der Waals surface area contributed by atoms with Crippen molar-refractivity contribution in [1.82, 2.24) is 5.32 Å². The maximum Gasteiger partial charge on any atom is 0.137 e. The van der Waals surface area contributed by atoms with Crippen molar-refractivity contribution in [1.29, 1.82) is 0 Å². The molecule has 0 aliphatic rings. The third-order valence-corrected chi connectivity index (χ3v) is 3.41. The second kappa shape index (κ2) is 7.66. The normalized spacial score (nSPS) is 12.7. The Balaban J connectivity index is 2.56. The van der Waals surface area contributed by atoms with Gasteiger partial charge < -0.3 is 15.5 Å². The van der Waals surface area contributed by atoms with E-state index in [0.29, 0.717) is 17.2 Å². The van der Waals surface area contributed by atoms with Crippen LogP contribution in [-0.2, 0) is 6.54 Å². The first-order valence-corrected chi connectivity index (χ1v) is 6.56. The molecule has 0 aromatic heterocycles. The maximum atomic E-state index is 13.6. The number of aliphatic hydroxyl groups excluding tert-OH is 2. The van der Waals surface area contributed by atoms with Gasteiger partial charge in [-0.25, -0.2) is 4.39 Å². The molecular formula is C12H18FNO2S. The summed E-state index contributed by atoms with van der Waals surface area (Å²) in [5, 5.41) is 21.0. The molecule has 0 spiro atoms. The smallest absolute Gasteiger partial charge is 0.137 e. The van der Waals surface area contributed by atoms with Gasteiger partial charge in [0.1, 0.15) is 5.82 Å². The highest BCUT2D eigenvalue weighted by Crippen LogP contribution is 2.23. The van der Waals surface area contributed by atoms with Crippen molar-refractivity contribution in [3.05, 3.63) is 29.6 Å². The topological polar surface area (TPSA) is 52.5 Å². The van der Waals surface area contributed by atoms with Crippen LogP contribution in [0.25, 0.3) is 0 Å². The first kappa shape index (κ1) is 14.4. The fourth-order valence-electron chi connectivity index (χ4n) is 1.28. The molecule has 96 valence electrons. The number of benzene rings is 1. The van der Waals surface area contributed by atoms with Gasteiger partial charge in [0.2, 0.25) is 0 Å². The Morgan fingerprint density at radius 2 is 2.24 bits per heavy atom. The molecular weight excluding hydrogens is 241 g/mol. The highest BCUT2D eigenvalue weighted by Gasteiger charge is 2.07. The molecule has 0 aliphatic carbocycles. The second-order valence-corrected chi connectivity index (χ2v) is 4.75. The summed E-state index contributed by atoms with van der Waals surface area (Å²) in [5.74, 6) is 0.00974. The van der Waals surface area contributed by atoms with Gasteiger partial charge in [-0.1, -0.05) is 13.0 Å². The number of rotatable bonds is 7. The van der Waals surface area contributed by atoms with E-state index in [2.05, 4.69) is 5.32 Å². The molecule has 0 heterocycles. The van der Waals surface area contributed by atoms with Crippen LogP contribution in [0.5, 0.6) is 0 Å². The van der Waals surface area contributed by atoms with Crippen LogP contribution in [0, 0.1) is 5.82 Å². The van der Waals surface area contributed by atoms with Gasteiger partial charge >= 0.3 is 0 Å². The van der Waals surface area contributed by atoms with E-state index in [4.69, 9.17) is 5.11 Å². The molecule has 0 bridgehead atoms. The van der Waals surface area contributed by atoms with Gasteiger partial charge in [0.25, 0.3) is 0 Å². The van der Waals surface area contributed by atoms with Gasteiger partial charge in [0, 0.05) is 17.2 Å². The Morgan fingerprint density at radius 3 is 2.82 bits per heavy atom. The van der Waals surface area contributed by atoms with Crippen molar-refractivity contribution in [2.75, 3.05) is 18.9 Å². The van der Waals surface area contributed by atoms with Gasteiger partial charge in [-0.2, -0.15) is 0 Å². The Bertz CT molecular complexity index is 349. The number of nitrogens with one attached hydrogen (secondary N) is 1. The Kier molecular flexibility index (Phi) is 6.50. The van der Waals surface area contributed by atoms with Crippen LogP contribution in [0.4, 0.5) is 4.39 Å². The summed E-state index contributed by atoms with van der Waals surface area (Å²) in [6, 6.07) is 5.06. The number of halogens is 1. The highest BCUT2D eigenvalue weighted by atomic mass is 32.2. The molecule has 0 radical (unpaired) electrons. The quantitative estimate of drug-likeness (QED) is 0.648. The molecule has 0 saturated heterocycles. The van der Waals surface area contributed by atoms with Gasteiger partial charge in [-0.3, -0.25) is 0 Å². The molecule has 1 aromatic rings. The minimum Gasteiger partial charge on any atom is -0.394 e. The number of hydrogen-bond acceptors (Lipinski definition) is 4. The van der Waals surface area contributed by atoms with E-state index < -0.39 is 6.10 Å². The third-order valence-electron chi connectivity index (χ3n) is 2.22. The molecule has 0 fully saturated rings. The fraction of sp³-hybridized carbons (Fsp3) is 0.500. The first-order valence-electron chi connectivity index (χ1n) is 5.58. The molecule has 0 saturated carbocycles. The van der Waals surface area contributed by atoms with Crippen LogP contribution in [0.2, 0.25) is 0 Å². The van der Waals surface area contributed by atoms with E-state index in [0.717, 1.165) is 12.1 Å². The minimum absolute atomic E-state index is 0.282. The largest absolute Gasteiger partial charge is 0.394 e. The van der Waals surface area contributed by atoms with Crippen LogP contribution < -0.4 is 5.32 Å². The molecule has 1 atom stereocenters. The fourth-order valence-corrected chi connectivity index (χ4v) is 2.12. The van der Waals surface area contributed by atoms with Crippen molar-refractivity contribution >= 4 is 11.8 Å². The molecule has 17 heavy (non-hydrogen) atoms. The van der Waals surface area contributed by atoms with E-state index in [9.17, 15) is 9.50 Å². The van der Waals surface area contributed by atoms with Crippen LogP contribution >= 0.6 is 11.8 Å². The first-order chi connectivity index (χ1) is 8.17. The van der Waals surface area contributed by atoms with Crippen LogP contribution in [0.3, 0.4) is 0 Å². The van der Waals surface area contributed by atoms with Gasteiger partial charge in [-0.05, 0) is 24.2 Å². The molecule has 1 unspecified atom stereocenters. The average molecular weight is 259 g/mol. The molecule has 3 nitrogen and oxygen atoms in total. The zero-order chi connectivity index (χ0) is 12.7. The summed E-state index contributed by atoms with van der Waals surface area (Å²) in [7, 11) is 0. The zero-order valence-corrected chi connectivity index (χ0v) is 10.6. The molecule has 0 aliphatic heterocycles. The van der Waals surface area contributed by atoms with E-state index in [-0.39, 0.29) is 12.4 Å². The Labute approximate surface area is 105 Å². The summed E-state index contributed by atoms with van der Waals surface area (Å²) in [5.41, 5.74) is 0.899. The average Bonchev–Trinajstić information content (AvgIpc) is 2.34. The van der Waals surface area contributed by atoms with Crippen LogP contribution in [-0.4, -0.2) is 35.2 Å². The minimum atomic E-state index is -0.805. The highest BCUT2D eigenvalue weighted by molar-refractivity contribution is 7.99. The molecule has 5 heteroatoms. The van der Waals surface area contributed by atoms with Crippen molar-refractivity contribution in [2.24, 2.45) is 0 Å². The lowest BCUT2D eigenvalue weighted by molar-refractivity contribution is 0.113. The van der Waals surface area contributed by atoms with Crippen molar-refractivity contribution in [3.8, 4) is 0 Å². The molecule has 1 aromatic carbocycles. The monoisotopic (exact) mass is 259 g/mol. The van der Waals surface area contributed by atoms with E-state index >= 15 is 0 Å². The summed E-state index contributed by atoms with van der Waals surface area (Å²) >= 11 is 1.21. The van der Waals surface area contributed by atoms with Crippen molar-refractivity contribution in [2.45, 2.75) is 24.5 Å². The zero-order valence-electron chi connectivity index (χ0n) is 9.82. The SMILES string of the molecule is CCNCc1ccc(SCC(O)CO)c(F)c1. The summed E-state index contributed by atoms with van der Waals surface area (Å²) in [6.07, 6.45) is -0.805. The third kappa shape index (κ3) is 5.04. The number of thioether (sulfide) groups is 1. The van der Waals surface area contributed by atoms with Gasteiger partial charge in [0.15, 0.2) is 0 Å². The van der Waals surface area contributed by atoms with E-state index in [1.807, 2.05) is 13.0 Å². The van der Waals surface area contributed by atoms with E-state index in [1.54, 1.807) is 6.07 Å². The second-order valence-electron chi connectivity index (χ2n) is 3.69. The van der Waals surface area contributed by atoms with Gasteiger partial charge in [-0.15, -0.1) is 11.8 Å². The molecule has 0 amide bonds. The van der Waals surface area contributed by atoms with E-state index in [1.165, 1.54) is 17.8 Å².